The first-order chi connectivity index (χ1) is 9.04. The Kier molecular flexibility index (Phi) is 4.58. The Morgan fingerprint density at radius 2 is 2.00 bits per heavy atom. The van der Waals surface area contributed by atoms with E-state index in [0.717, 1.165) is 21.2 Å². The molecule has 2 rings (SSSR count). The molecule has 0 radical (unpaired) electrons. The predicted molar refractivity (Wildman–Crippen MR) is 79.5 cm³/mol. The largest absolute Gasteiger partial charge is 0.271 e. The maximum absolute atomic E-state index is 13.4. The number of nitrogens with one attached hydrogen (secondary N) is 1. The molecule has 0 bridgehead atoms. The fraction of sp³-hybridized carbons (Fsp3) is 0.143. The number of hydrogen-bond donors (Lipinski definition) is 2. The summed E-state index contributed by atoms with van der Waals surface area (Å²) in [7, 11) is 0. The number of benzene rings is 2. The zero-order valence-corrected chi connectivity index (χ0v) is 12.6. The lowest BCUT2D eigenvalue weighted by molar-refractivity contribution is 0.602. The third kappa shape index (κ3) is 2.98. The molecule has 0 aliphatic carbocycles. The molecule has 0 saturated heterocycles. The molecule has 3 N–H and O–H groups in total. The summed E-state index contributed by atoms with van der Waals surface area (Å²) in [5.74, 6) is 5.33. The summed E-state index contributed by atoms with van der Waals surface area (Å²) in [6.07, 6.45) is 0. The lowest BCUT2D eigenvalue weighted by Gasteiger charge is -2.20. The smallest absolute Gasteiger partial charge is 0.123 e. The van der Waals surface area contributed by atoms with Crippen molar-refractivity contribution in [3.63, 3.8) is 0 Å². The molecule has 1 atom stereocenters. The highest BCUT2D eigenvalue weighted by Crippen LogP contribution is 2.34. The van der Waals surface area contributed by atoms with Gasteiger partial charge in [-0.2, -0.15) is 0 Å². The van der Waals surface area contributed by atoms with Gasteiger partial charge in [0, 0.05) is 4.47 Å². The van der Waals surface area contributed by atoms with Crippen LogP contribution in [-0.2, 0) is 0 Å². The standard InChI is InChI=1S/C14H13BrClFN2/c1-8-5-6-9(17)7-11(8)14(19-18)10-3-2-4-12(15)13(10)16/h2-7,14,19H,18H2,1H3. The van der Waals surface area contributed by atoms with Crippen molar-refractivity contribution in [2.24, 2.45) is 5.84 Å². The van der Waals surface area contributed by atoms with Crippen LogP contribution in [0.1, 0.15) is 22.7 Å². The van der Waals surface area contributed by atoms with Crippen LogP contribution in [-0.4, -0.2) is 0 Å². The highest BCUT2D eigenvalue weighted by Gasteiger charge is 2.19. The average Bonchev–Trinajstić information content (AvgIpc) is 2.39. The van der Waals surface area contributed by atoms with Crippen molar-refractivity contribution >= 4 is 27.5 Å². The van der Waals surface area contributed by atoms with Crippen molar-refractivity contribution < 1.29 is 4.39 Å². The van der Waals surface area contributed by atoms with Gasteiger partial charge >= 0.3 is 0 Å². The van der Waals surface area contributed by atoms with Crippen molar-refractivity contribution in [1.29, 1.82) is 0 Å². The molecule has 0 amide bonds. The van der Waals surface area contributed by atoms with Gasteiger partial charge in [0.1, 0.15) is 5.82 Å². The van der Waals surface area contributed by atoms with Gasteiger partial charge in [0.05, 0.1) is 11.1 Å². The number of halogens is 3. The molecule has 0 aliphatic rings. The molecular weight excluding hydrogens is 331 g/mol. The van der Waals surface area contributed by atoms with Gasteiger partial charge in [-0.1, -0.05) is 29.8 Å². The minimum Gasteiger partial charge on any atom is -0.271 e. The van der Waals surface area contributed by atoms with E-state index in [2.05, 4.69) is 21.4 Å². The fourth-order valence-electron chi connectivity index (χ4n) is 2.01. The first-order valence-electron chi connectivity index (χ1n) is 5.70. The van der Waals surface area contributed by atoms with E-state index in [1.54, 1.807) is 6.07 Å². The molecule has 0 spiro atoms. The van der Waals surface area contributed by atoms with E-state index in [-0.39, 0.29) is 11.9 Å². The molecule has 0 fully saturated rings. The highest BCUT2D eigenvalue weighted by molar-refractivity contribution is 9.10. The number of nitrogens with two attached hydrogens (primary N) is 1. The van der Waals surface area contributed by atoms with Gasteiger partial charge < -0.3 is 0 Å². The molecule has 1 unspecified atom stereocenters. The Labute approximate surface area is 124 Å². The van der Waals surface area contributed by atoms with E-state index in [1.807, 2.05) is 25.1 Å². The molecule has 100 valence electrons. The van der Waals surface area contributed by atoms with Crippen LogP contribution in [0.4, 0.5) is 4.39 Å². The third-order valence-corrected chi connectivity index (χ3v) is 4.32. The topological polar surface area (TPSA) is 38.0 Å². The lowest BCUT2D eigenvalue weighted by atomic mass is 9.95. The average molecular weight is 344 g/mol. The Morgan fingerprint density at radius 3 is 2.68 bits per heavy atom. The number of hydrogen-bond acceptors (Lipinski definition) is 2. The van der Waals surface area contributed by atoms with Crippen LogP contribution in [0.5, 0.6) is 0 Å². The molecule has 0 saturated carbocycles. The summed E-state index contributed by atoms with van der Waals surface area (Å²) < 4.78 is 14.2. The van der Waals surface area contributed by atoms with Gasteiger partial charge in [-0.05, 0) is 57.7 Å². The second kappa shape index (κ2) is 6.01. The maximum atomic E-state index is 13.4. The quantitative estimate of drug-likeness (QED) is 0.650. The number of hydrazine groups is 1. The van der Waals surface area contributed by atoms with Crippen LogP contribution in [0, 0.1) is 12.7 Å². The van der Waals surface area contributed by atoms with Gasteiger partial charge in [0.2, 0.25) is 0 Å². The summed E-state index contributed by atoms with van der Waals surface area (Å²) in [5.41, 5.74) is 5.21. The van der Waals surface area contributed by atoms with E-state index >= 15 is 0 Å². The van der Waals surface area contributed by atoms with Crippen molar-refractivity contribution in [3.8, 4) is 0 Å². The Balaban J connectivity index is 2.56. The molecule has 19 heavy (non-hydrogen) atoms. The summed E-state index contributed by atoms with van der Waals surface area (Å²) in [5, 5.41) is 0.564. The second-order valence-electron chi connectivity index (χ2n) is 4.24. The zero-order chi connectivity index (χ0) is 14.0. The van der Waals surface area contributed by atoms with Gasteiger partial charge in [0.25, 0.3) is 0 Å². The molecule has 0 heterocycles. The number of aryl methyl sites for hydroxylation is 1. The monoisotopic (exact) mass is 342 g/mol. The Bertz CT molecular complexity index is 602. The van der Waals surface area contributed by atoms with Crippen LogP contribution >= 0.6 is 27.5 Å². The van der Waals surface area contributed by atoms with E-state index in [4.69, 9.17) is 17.4 Å². The van der Waals surface area contributed by atoms with Crippen LogP contribution < -0.4 is 11.3 Å². The first kappa shape index (κ1) is 14.5. The van der Waals surface area contributed by atoms with Gasteiger partial charge in [-0.25, -0.2) is 9.82 Å². The Hall–Kier alpha value is -0.940. The van der Waals surface area contributed by atoms with Crippen LogP contribution in [0.25, 0.3) is 0 Å². The number of rotatable bonds is 3. The summed E-state index contributed by atoms with van der Waals surface area (Å²) >= 11 is 9.65. The molecule has 2 aromatic carbocycles. The minimum atomic E-state index is -0.360. The van der Waals surface area contributed by atoms with Crippen molar-refractivity contribution in [2.45, 2.75) is 13.0 Å². The van der Waals surface area contributed by atoms with Crippen molar-refractivity contribution in [2.75, 3.05) is 0 Å². The van der Waals surface area contributed by atoms with Crippen molar-refractivity contribution in [1.82, 2.24) is 5.43 Å². The van der Waals surface area contributed by atoms with E-state index in [1.165, 1.54) is 12.1 Å². The summed E-state index contributed by atoms with van der Waals surface area (Å²) in [6.45, 7) is 1.91. The second-order valence-corrected chi connectivity index (χ2v) is 5.48. The molecule has 5 heteroatoms. The fourth-order valence-corrected chi connectivity index (χ4v) is 2.63. The van der Waals surface area contributed by atoms with Gasteiger partial charge in [-0.15, -0.1) is 0 Å². The highest BCUT2D eigenvalue weighted by atomic mass is 79.9. The first-order valence-corrected chi connectivity index (χ1v) is 6.87. The summed E-state index contributed by atoms with van der Waals surface area (Å²) in [4.78, 5) is 0. The normalized spacial score (nSPS) is 12.5. The summed E-state index contributed by atoms with van der Waals surface area (Å²) in [6, 6.07) is 9.83. The molecule has 2 aromatic rings. The van der Waals surface area contributed by atoms with E-state index in [0.29, 0.717) is 5.02 Å². The van der Waals surface area contributed by atoms with Crippen LogP contribution in [0.2, 0.25) is 5.02 Å². The Morgan fingerprint density at radius 1 is 1.26 bits per heavy atom. The molecule has 0 aromatic heterocycles. The SMILES string of the molecule is Cc1ccc(F)cc1C(NN)c1cccc(Br)c1Cl. The van der Waals surface area contributed by atoms with Crippen LogP contribution in [0.15, 0.2) is 40.9 Å². The van der Waals surface area contributed by atoms with Gasteiger partial charge in [0.15, 0.2) is 0 Å². The minimum absolute atomic E-state index is 0.299. The molecule has 2 nitrogen and oxygen atoms in total. The van der Waals surface area contributed by atoms with Crippen LogP contribution in [0.3, 0.4) is 0 Å². The third-order valence-electron chi connectivity index (χ3n) is 3.01. The van der Waals surface area contributed by atoms with Crippen molar-refractivity contribution in [3.05, 3.63) is 68.4 Å². The maximum Gasteiger partial charge on any atom is 0.123 e. The molecule has 0 aliphatic heterocycles. The molecular formula is C14H13BrClFN2. The van der Waals surface area contributed by atoms with E-state index in [9.17, 15) is 4.39 Å². The predicted octanol–water partition coefficient (Wildman–Crippen LogP) is 4.10. The lowest BCUT2D eigenvalue weighted by Crippen LogP contribution is -2.29. The van der Waals surface area contributed by atoms with Gasteiger partial charge in [-0.3, -0.25) is 5.84 Å². The zero-order valence-electron chi connectivity index (χ0n) is 10.3. The van der Waals surface area contributed by atoms with E-state index < -0.39 is 0 Å².